The first-order chi connectivity index (χ1) is 3.56. The summed E-state index contributed by atoms with van der Waals surface area (Å²) in [6.07, 6.45) is 0. The van der Waals surface area contributed by atoms with Gasteiger partial charge in [0.25, 0.3) is 0 Å². The Hall–Kier alpha value is 1.07. The van der Waals surface area contributed by atoms with Crippen molar-refractivity contribution in [1.82, 2.24) is 0 Å². The van der Waals surface area contributed by atoms with E-state index in [-0.39, 0.29) is 42.7 Å². The molecule has 0 aliphatic carbocycles. The van der Waals surface area contributed by atoms with E-state index in [9.17, 15) is 4.57 Å². The van der Waals surface area contributed by atoms with Crippen LogP contribution in [0.3, 0.4) is 0 Å². The predicted octanol–water partition coefficient (Wildman–Crippen LogP) is -2.85. The van der Waals surface area contributed by atoms with Crippen LogP contribution >= 0.6 is 7.82 Å². The summed E-state index contributed by atoms with van der Waals surface area (Å²) >= 11 is 0. The quantitative estimate of drug-likeness (QED) is 0.346. The van der Waals surface area contributed by atoms with Gasteiger partial charge in [-0.05, 0) is 0 Å². The molecule has 0 aliphatic rings. The molecule has 0 aromatic heterocycles. The Labute approximate surface area is 75.1 Å². The van der Waals surface area contributed by atoms with Gasteiger partial charge in [0, 0.05) is 6.61 Å². The fourth-order valence-electron chi connectivity index (χ4n) is 0.165. The smallest absolute Gasteiger partial charge is 0.676 e. The van der Waals surface area contributed by atoms with Crippen molar-refractivity contribution in [1.29, 1.82) is 0 Å². The molecule has 0 aromatic carbocycles. The van der Waals surface area contributed by atoms with Crippen LogP contribution in [0.1, 0.15) is 0 Å². The molecular weight excluding hydrogens is 156 g/mol. The summed E-state index contributed by atoms with van der Waals surface area (Å²) in [4.78, 5) is 15.9. The van der Waals surface area contributed by atoms with Crippen molar-refractivity contribution in [2.75, 3.05) is 13.2 Å². The first-order valence-corrected chi connectivity index (χ1v) is 3.44. The monoisotopic (exact) mass is 163 g/mol. The van der Waals surface area contributed by atoms with Crippen molar-refractivity contribution < 1.29 is 48.4 Å². The summed E-state index contributed by atoms with van der Waals surface area (Å²) in [6, 6.07) is 0. The standard InChI is InChI=1S/C2H7NO4P.Na/c3-1-2-7-8(4,5)6;/h3H,1-2H2,(H2,4,5,6);/q-1;+1. The molecule has 0 amide bonds. The van der Waals surface area contributed by atoms with E-state index in [1.54, 1.807) is 0 Å². The summed E-state index contributed by atoms with van der Waals surface area (Å²) in [5.74, 6) is 0. The molecule has 9 heavy (non-hydrogen) atoms. The van der Waals surface area contributed by atoms with Crippen molar-refractivity contribution in [3.05, 3.63) is 5.73 Å². The molecule has 0 saturated carbocycles. The molecule has 0 aromatic rings. The molecule has 7 heteroatoms. The Balaban J connectivity index is 0. The Morgan fingerprint density at radius 3 is 2.11 bits per heavy atom. The van der Waals surface area contributed by atoms with E-state index in [2.05, 4.69) is 4.52 Å². The zero-order valence-corrected chi connectivity index (χ0v) is 7.97. The molecule has 0 heterocycles. The fourth-order valence-corrected chi connectivity index (χ4v) is 0.494. The van der Waals surface area contributed by atoms with Gasteiger partial charge < -0.3 is 15.5 Å². The third-order valence-corrected chi connectivity index (χ3v) is 0.880. The van der Waals surface area contributed by atoms with Crippen LogP contribution in [0.4, 0.5) is 0 Å². The van der Waals surface area contributed by atoms with Gasteiger partial charge in [0.15, 0.2) is 0 Å². The minimum Gasteiger partial charge on any atom is -0.676 e. The van der Waals surface area contributed by atoms with Crippen molar-refractivity contribution in [2.45, 2.75) is 0 Å². The van der Waals surface area contributed by atoms with Gasteiger partial charge in [-0.25, -0.2) is 4.57 Å². The molecule has 0 spiro atoms. The number of hydrogen-bond acceptors (Lipinski definition) is 2. The van der Waals surface area contributed by atoms with E-state index in [1.165, 1.54) is 0 Å². The van der Waals surface area contributed by atoms with E-state index >= 15 is 0 Å². The van der Waals surface area contributed by atoms with Gasteiger partial charge in [0.2, 0.25) is 0 Å². The maximum absolute atomic E-state index is 9.78. The molecule has 0 bridgehead atoms. The second kappa shape index (κ2) is 5.82. The number of hydrogen-bond donors (Lipinski definition) is 2. The third kappa shape index (κ3) is 12.3. The van der Waals surface area contributed by atoms with E-state index < -0.39 is 7.82 Å². The van der Waals surface area contributed by atoms with Gasteiger partial charge >= 0.3 is 37.4 Å². The molecule has 0 atom stereocenters. The van der Waals surface area contributed by atoms with Crippen molar-refractivity contribution in [3.63, 3.8) is 0 Å². The second-order valence-electron chi connectivity index (χ2n) is 1.07. The molecule has 0 unspecified atom stereocenters. The third-order valence-electron chi connectivity index (χ3n) is 0.362. The van der Waals surface area contributed by atoms with Gasteiger partial charge in [-0.1, -0.05) is 0 Å². The first kappa shape index (κ1) is 12.7. The van der Waals surface area contributed by atoms with Crippen LogP contribution in [0.25, 0.3) is 5.73 Å². The Morgan fingerprint density at radius 1 is 1.56 bits per heavy atom. The molecule has 50 valence electrons. The number of rotatable bonds is 3. The summed E-state index contributed by atoms with van der Waals surface area (Å²) < 4.78 is 13.6. The van der Waals surface area contributed by atoms with Crippen LogP contribution in [0.15, 0.2) is 0 Å². The molecular formula is C2H7NNaO4P. The van der Waals surface area contributed by atoms with Crippen molar-refractivity contribution in [2.24, 2.45) is 0 Å². The Kier molecular flexibility index (Phi) is 8.23. The second-order valence-corrected chi connectivity index (χ2v) is 2.31. The van der Waals surface area contributed by atoms with Crippen LogP contribution in [0.2, 0.25) is 0 Å². The first-order valence-electron chi connectivity index (χ1n) is 1.91. The zero-order valence-electron chi connectivity index (χ0n) is 5.07. The maximum atomic E-state index is 9.78. The molecule has 0 saturated heterocycles. The topological polar surface area (TPSA) is 90.6 Å². The number of phosphoric ester groups is 1. The van der Waals surface area contributed by atoms with Crippen molar-refractivity contribution >= 4 is 7.82 Å². The molecule has 0 aliphatic heterocycles. The molecule has 3 N–H and O–H groups in total. The normalized spacial score (nSPS) is 10.6. The van der Waals surface area contributed by atoms with Crippen LogP contribution in [0, 0.1) is 0 Å². The Bertz CT molecular complexity index is 103. The van der Waals surface area contributed by atoms with Gasteiger partial charge in [0.05, 0.1) is 0 Å². The molecule has 0 fully saturated rings. The van der Waals surface area contributed by atoms with Gasteiger partial charge in [0.1, 0.15) is 0 Å². The summed E-state index contributed by atoms with van der Waals surface area (Å²) in [5, 5.41) is 0. The Morgan fingerprint density at radius 2 is 2.00 bits per heavy atom. The zero-order chi connectivity index (χ0) is 6.62. The minimum absolute atomic E-state index is 0. The van der Waals surface area contributed by atoms with Crippen LogP contribution in [-0.4, -0.2) is 22.9 Å². The average Bonchev–Trinajstić information content (AvgIpc) is 1.59. The average molecular weight is 163 g/mol. The van der Waals surface area contributed by atoms with Crippen molar-refractivity contribution in [3.8, 4) is 0 Å². The number of nitrogens with one attached hydrogen (secondary N) is 1. The van der Waals surface area contributed by atoms with Gasteiger partial charge in [-0.2, -0.15) is 0 Å². The van der Waals surface area contributed by atoms with E-state index in [0.29, 0.717) is 0 Å². The van der Waals surface area contributed by atoms with E-state index in [4.69, 9.17) is 15.5 Å². The van der Waals surface area contributed by atoms with Crippen LogP contribution in [0.5, 0.6) is 0 Å². The van der Waals surface area contributed by atoms with Gasteiger partial charge in [-0.3, -0.25) is 4.52 Å². The van der Waals surface area contributed by atoms with E-state index in [0.717, 1.165) is 0 Å². The molecule has 0 radical (unpaired) electrons. The van der Waals surface area contributed by atoms with E-state index in [1.807, 2.05) is 0 Å². The van der Waals surface area contributed by atoms with Crippen LogP contribution < -0.4 is 29.6 Å². The maximum Gasteiger partial charge on any atom is 1.00 e. The SMILES string of the molecule is [NH-]CCOP(=O)(O)O.[Na+]. The summed E-state index contributed by atoms with van der Waals surface area (Å²) in [7, 11) is -4.30. The predicted molar refractivity (Wildman–Crippen MR) is 27.2 cm³/mol. The molecule has 0 rings (SSSR count). The molecule has 5 nitrogen and oxygen atoms in total. The fraction of sp³-hybridized carbons (Fsp3) is 1.00. The van der Waals surface area contributed by atoms with Crippen LogP contribution in [-0.2, 0) is 9.09 Å². The minimum atomic E-state index is -4.30. The van der Waals surface area contributed by atoms with Gasteiger partial charge in [-0.15, -0.1) is 6.54 Å². The number of phosphoric acid groups is 1. The summed E-state index contributed by atoms with van der Waals surface area (Å²) in [5.41, 5.74) is 6.41. The largest absolute Gasteiger partial charge is 1.00 e. The summed E-state index contributed by atoms with van der Waals surface area (Å²) in [6.45, 7) is -0.352.